The maximum Gasteiger partial charge on any atom is 0.253 e. The molecule has 1 aliphatic heterocycles. The van der Waals surface area contributed by atoms with E-state index >= 15 is 0 Å². The summed E-state index contributed by atoms with van der Waals surface area (Å²) in [5.41, 5.74) is 4.43. The Bertz CT molecular complexity index is 1390. The van der Waals surface area contributed by atoms with Crippen LogP contribution in [-0.4, -0.2) is 56.6 Å². The first kappa shape index (κ1) is 27.1. The number of pyridine rings is 1. The minimum atomic E-state index is -3.58. The summed E-state index contributed by atoms with van der Waals surface area (Å²) in [6, 6.07) is 18.8. The summed E-state index contributed by atoms with van der Waals surface area (Å²) < 4.78 is 28.3. The summed E-state index contributed by atoms with van der Waals surface area (Å²) in [4.78, 5) is 21.1. The number of benzene rings is 2. The zero-order chi connectivity index (χ0) is 27.1. The second-order valence-electron chi connectivity index (χ2n) is 9.74. The molecule has 38 heavy (non-hydrogen) atoms. The number of nitriles is 1. The van der Waals surface area contributed by atoms with Gasteiger partial charge in [0.05, 0.1) is 35.0 Å². The number of piperidine rings is 1. The molecule has 8 nitrogen and oxygen atoms in total. The molecule has 1 amide bonds. The summed E-state index contributed by atoms with van der Waals surface area (Å²) in [7, 11) is -1.68. The van der Waals surface area contributed by atoms with Crippen LogP contribution in [0, 0.1) is 18.3 Å². The third-order valence-corrected chi connectivity index (χ3v) is 8.39. The van der Waals surface area contributed by atoms with Gasteiger partial charge in [0.25, 0.3) is 5.91 Å². The van der Waals surface area contributed by atoms with Crippen molar-refractivity contribution in [2.24, 2.45) is 0 Å². The number of hydrogen-bond acceptors (Lipinski definition) is 6. The van der Waals surface area contributed by atoms with E-state index in [-0.39, 0.29) is 11.7 Å². The maximum absolute atomic E-state index is 13.2. The van der Waals surface area contributed by atoms with Crippen LogP contribution in [0.15, 0.2) is 67.0 Å². The van der Waals surface area contributed by atoms with E-state index in [1.165, 1.54) is 5.56 Å². The molecule has 1 N–H and O–H groups in total. The largest absolute Gasteiger partial charge is 0.373 e. The van der Waals surface area contributed by atoms with Crippen LogP contribution in [0.1, 0.15) is 52.2 Å². The minimum Gasteiger partial charge on any atom is -0.373 e. The van der Waals surface area contributed by atoms with Gasteiger partial charge in [-0.05, 0) is 79.6 Å². The molecule has 0 unspecified atom stereocenters. The molecule has 3 aromatic rings. The molecule has 0 saturated carbocycles. The molecule has 198 valence electrons. The molecule has 9 heteroatoms. The molecule has 0 spiro atoms. The predicted molar refractivity (Wildman–Crippen MR) is 150 cm³/mol. The molecule has 2 aromatic carbocycles. The lowest BCUT2D eigenvalue weighted by Gasteiger charge is -2.32. The lowest BCUT2D eigenvalue weighted by Crippen LogP contribution is -2.38. The predicted octanol–water partition coefficient (Wildman–Crippen LogP) is 4.55. The second-order valence-corrected chi connectivity index (χ2v) is 11.6. The highest BCUT2D eigenvalue weighted by Crippen LogP contribution is 2.29. The van der Waals surface area contributed by atoms with Gasteiger partial charge in [0.1, 0.15) is 0 Å². The number of hydrogen-bond donors (Lipinski definition) is 1. The number of anilines is 2. The second kappa shape index (κ2) is 12.1. The third-order valence-electron chi connectivity index (χ3n) is 7.04. The van der Waals surface area contributed by atoms with Crippen LogP contribution >= 0.6 is 0 Å². The van der Waals surface area contributed by atoms with E-state index in [9.17, 15) is 13.2 Å². The summed E-state index contributed by atoms with van der Waals surface area (Å²) in [6.07, 6.45) is 5.58. The third kappa shape index (κ3) is 6.90. The first-order valence-corrected chi connectivity index (χ1v) is 14.4. The summed E-state index contributed by atoms with van der Waals surface area (Å²) >= 11 is 0. The van der Waals surface area contributed by atoms with E-state index < -0.39 is 10.0 Å². The van der Waals surface area contributed by atoms with Crippen molar-refractivity contribution < 1.29 is 13.2 Å². The standard InChI is InChI=1S/C29H33N5O3S/c1-22-6-9-26(29(35)34-16-12-25(13-17-34)24-10-7-23(20-30)8-11-24)19-28(22)32-38(36,37)18-4-15-33(2)27-5-3-14-31-21-27/h3,5-11,14,19,21,25,32H,4,12-13,15-18H2,1-2H3. The lowest BCUT2D eigenvalue weighted by molar-refractivity contribution is 0.0713. The van der Waals surface area contributed by atoms with Crippen molar-refractivity contribution in [2.45, 2.75) is 32.1 Å². The molecular weight excluding hydrogens is 498 g/mol. The number of sulfonamides is 1. The molecule has 4 rings (SSSR count). The van der Waals surface area contributed by atoms with Crippen LogP contribution in [0.25, 0.3) is 0 Å². The molecule has 2 heterocycles. The van der Waals surface area contributed by atoms with Crippen LogP contribution in [0.2, 0.25) is 0 Å². The molecule has 1 aliphatic rings. The van der Waals surface area contributed by atoms with Crippen molar-refractivity contribution in [1.82, 2.24) is 9.88 Å². The van der Waals surface area contributed by atoms with Crippen molar-refractivity contribution in [2.75, 3.05) is 42.1 Å². The van der Waals surface area contributed by atoms with E-state index in [1.807, 2.05) is 60.2 Å². The van der Waals surface area contributed by atoms with E-state index in [1.54, 1.807) is 30.6 Å². The average Bonchev–Trinajstić information content (AvgIpc) is 2.94. The molecule has 1 fully saturated rings. The Morgan fingerprint density at radius 2 is 1.89 bits per heavy atom. The van der Waals surface area contributed by atoms with Gasteiger partial charge < -0.3 is 9.80 Å². The Labute approximate surface area is 225 Å². The first-order valence-electron chi connectivity index (χ1n) is 12.8. The Morgan fingerprint density at radius 3 is 2.55 bits per heavy atom. The number of amides is 1. The van der Waals surface area contributed by atoms with E-state index in [0.717, 1.165) is 24.1 Å². The normalized spacial score (nSPS) is 14.1. The summed E-state index contributed by atoms with van der Waals surface area (Å²) in [6.45, 7) is 3.65. The first-order chi connectivity index (χ1) is 18.3. The molecule has 1 saturated heterocycles. The topological polar surface area (TPSA) is 106 Å². The molecule has 0 radical (unpaired) electrons. The number of likely N-dealkylation sites (tertiary alicyclic amines) is 1. The SMILES string of the molecule is Cc1ccc(C(=O)N2CCC(c3ccc(C#N)cc3)CC2)cc1NS(=O)(=O)CCCN(C)c1cccnc1. The van der Waals surface area contributed by atoms with Gasteiger partial charge in [-0.15, -0.1) is 0 Å². The number of nitrogens with zero attached hydrogens (tertiary/aromatic N) is 4. The number of aromatic nitrogens is 1. The monoisotopic (exact) mass is 531 g/mol. The number of carbonyl (C=O) groups excluding carboxylic acids is 1. The molecular formula is C29H33N5O3S. The average molecular weight is 532 g/mol. The number of carbonyl (C=O) groups is 1. The van der Waals surface area contributed by atoms with Crippen LogP contribution in [0.5, 0.6) is 0 Å². The molecule has 0 aliphatic carbocycles. The molecule has 0 bridgehead atoms. The Kier molecular flexibility index (Phi) is 8.64. The maximum atomic E-state index is 13.2. The Morgan fingerprint density at radius 1 is 1.16 bits per heavy atom. The van der Waals surface area contributed by atoms with Crippen LogP contribution in [0.4, 0.5) is 11.4 Å². The Hall–Kier alpha value is -3.90. The fourth-order valence-electron chi connectivity index (χ4n) is 4.71. The van der Waals surface area contributed by atoms with Gasteiger partial charge in [0, 0.05) is 38.4 Å². The Balaban J connectivity index is 1.33. The van der Waals surface area contributed by atoms with Crippen molar-refractivity contribution in [3.05, 3.63) is 89.2 Å². The van der Waals surface area contributed by atoms with E-state index in [2.05, 4.69) is 15.8 Å². The highest BCUT2D eigenvalue weighted by atomic mass is 32.2. The highest BCUT2D eigenvalue weighted by molar-refractivity contribution is 7.92. The van der Waals surface area contributed by atoms with E-state index in [4.69, 9.17) is 5.26 Å². The van der Waals surface area contributed by atoms with Crippen molar-refractivity contribution in [3.63, 3.8) is 0 Å². The van der Waals surface area contributed by atoms with Crippen LogP contribution < -0.4 is 9.62 Å². The summed E-state index contributed by atoms with van der Waals surface area (Å²) in [5, 5.41) is 9.00. The fraction of sp³-hybridized carbons (Fsp3) is 0.345. The number of rotatable bonds is 9. The quantitative estimate of drug-likeness (QED) is 0.434. The van der Waals surface area contributed by atoms with Gasteiger partial charge in [-0.25, -0.2) is 8.42 Å². The van der Waals surface area contributed by atoms with Gasteiger partial charge in [-0.1, -0.05) is 18.2 Å². The van der Waals surface area contributed by atoms with Gasteiger partial charge in [-0.3, -0.25) is 14.5 Å². The minimum absolute atomic E-state index is 0.0297. The highest BCUT2D eigenvalue weighted by Gasteiger charge is 2.25. The summed E-state index contributed by atoms with van der Waals surface area (Å²) in [5.74, 6) is 0.226. The van der Waals surface area contributed by atoms with Gasteiger partial charge in [0.15, 0.2) is 0 Å². The van der Waals surface area contributed by atoms with Gasteiger partial charge >= 0.3 is 0 Å². The smallest absolute Gasteiger partial charge is 0.253 e. The van der Waals surface area contributed by atoms with E-state index in [0.29, 0.717) is 48.8 Å². The number of nitrogens with one attached hydrogen (secondary N) is 1. The van der Waals surface area contributed by atoms with Crippen molar-refractivity contribution in [3.8, 4) is 6.07 Å². The number of aryl methyl sites for hydroxylation is 1. The van der Waals surface area contributed by atoms with Crippen LogP contribution in [-0.2, 0) is 10.0 Å². The van der Waals surface area contributed by atoms with Gasteiger partial charge in [-0.2, -0.15) is 5.26 Å². The van der Waals surface area contributed by atoms with Gasteiger partial charge in [0.2, 0.25) is 10.0 Å². The lowest BCUT2D eigenvalue weighted by atomic mass is 9.89. The molecule has 1 aromatic heterocycles. The zero-order valence-corrected chi connectivity index (χ0v) is 22.6. The van der Waals surface area contributed by atoms with Crippen molar-refractivity contribution >= 4 is 27.3 Å². The van der Waals surface area contributed by atoms with Crippen molar-refractivity contribution in [1.29, 1.82) is 5.26 Å². The fourth-order valence-corrected chi connectivity index (χ4v) is 5.88. The molecule has 0 atom stereocenters. The van der Waals surface area contributed by atoms with Crippen LogP contribution in [0.3, 0.4) is 0 Å². The zero-order valence-electron chi connectivity index (χ0n) is 21.8.